The van der Waals surface area contributed by atoms with Crippen molar-refractivity contribution in [3.05, 3.63) is 28.5 Å². The smallest absolute Gasteiger partial charge is 0.268 e. The molecule has 1 aliphatic heterocycles. The lowest BCUT2D eigenvalue weighted by Crippen LogP contribution is -2.33. The fraction of sp³-hybridized carbons (Fsp3) is 0.400. The minimum absolute atomic E-state index is 0.0277. The van der Waals surface area contributed by atoms with E-state index in [4.69, 9.17) is 0 Å². The van der Waals surface area contributed by atoms with Gasteiger partial charge in [0.15, 0.2) is 0 Å². The molecule has 0 aliphatic carbocycles. The highest BCUT2D eigenvalue weighted by Crippen LogP contribution is 2.22. The normalized spacial score (nSPS) is 17.3. The summed E-state index contributed by atoms with van der Waals surface area (Å²) in [5, 5.41) is 0. The van der Waals surface area contributed by atoms with Crippen LogP contribution in [0.15, 0.2) is 22.7 Å². The average Bonchev–Trinajstić information content (AvgIpc) is 2.76. The number of rotatable bonds is 3. The van der Waals surface area contributed by atoms with Crippen molar-refractivity contribution >= 4 is 31.8 Å². The number of nitrogens with one attached hydrogen (secondary N) is 1. The molecule has 7 heteroatoms. The zero-order valence-corrected chi connectivity index (χ0v) is 11.4. The third kappa shape index (κ3) is 2.97. The average molecular weight is 323 g/mol. The van der Waals surface area contributed by atoms with Crippen molar-refractivity contribution in [2.24, 2.45) is 0 Å². The lowest BCUT2D eigenvalue weighted by atomic mass is 10.3. The second kappa shape index (κ2) is 4.91. The molecule has 4 nitrogen and oxygen atoms in total. The summed E-state index contributed by atoms with van der Waals surface area (Å²) in [6.07, 6.45) is 1.70. The minimum Gasteiger partial charge on any atom is -0.268 e. The van der Waals surface area contributed by atoms with Gasteiger partial charge >= 0.3 is 10.2 Å². The van der Waals surface area contributed by atoms with Gasteiger partial charge in [0.1, 0.15) is 5.82 Å². The molecule has 1 saturated heterocycles. The van der Waals surface area contributed by atoms with E-state index in [0.29, 0.717) is 17.6 Å². The van der Waals surface area contributed by atoms with Gasteiger partial charge in [-0.15, -0.1) is 0 Å². The van der Waals surface area contributed by atoms with Gasteiger partial charge in [0.25, 0.3) is 0 Å². The topological polar surface area (TPSA) is 49.4 Å². The Bertz CT molecular complexity index is 515. The molecule has 1 heterocycles. The van der Waals surface area contributed by atoms with Gasteiger partial charge in [0.05, 0.1) is 5.69 Å². The molecule has 1 aromatic rings. The van der Waals surface area contributed by atoms with Crippen molar-refractivity contribution in [2.75, 3.05) is 17.8 Å². The third-order valence-corrected chi connectivity index (χ3v) is 4.59. The molecule has 1 N–H and O–H groups in total. The summed E-state index contributed by atoms with van der Waals surface area (Å²) >= 11 is 3.11. The maximum atomic E-state index is 13.5. The number of benzene rings is 1. The number of hydrogen-bond acceptors (Lipinski definition) is 2. The van der Waals surface area contributed by atoms with E-state index in [1.54, 1.807) is 6.07 Å². The summed E-state index contributed by atoms with van der Waals surface area (Å²) < 4.78 is 41.4. The van der Waals surface area contributed by atoms with Crippen molar-refractivity contribution in [3.8, 4) is 0 Å². The first kappa shape index (κ1) is 12.8. The Hall–Kier alpha value is -0.660. The van der Waals surface area contributed by atoms with E-state index in [1.165, 1.54) is 16.4 Å². The van der Waals surface area contributed by atoms with Crippen molar-refractivity contribution in [2.45, 2.75) is 12.8 Å². The van der Waals surface area contributed by atoms with E-state index in [9.17, 15) is 12.8 Å². The molecule has 0 aromatic heterocycles. The van der Waals surface area contributed by atoms with Crippen LogP contribution in [0.25, 0.3) is 0 Å². The van der Waals surface area contributed by atoms with E-state index in [1.807, 2.05) is 0 Å². The standard InChI is InChI=1S/C10H12BrFN2O2S/c11-8-3-4-10(9(12)7-8)13-17(15,16)14-5-1-2-6-14/h3-4,7,13H,1-2,5-6H2. The summed E-state index contributed by atoms with van der Waals surface area (Å²) in [7, 11) is -3.62. The van der Waals surface area contributed by atoms with Gasteiger partial charge in [-0.2, -0.15) is 12.7 Å². The Morgan fingerprint density at radius 3 is 2.53 bits per heavy atom. The molecular formula is C10H12BrFN2O2S. The first-order chi connectivity index (χ1) is 7.99. The van der Waals surface area contributed by atoms with E-state index in [-0.39, 0.29) is 5.69 Å². The van der Waals surface area contributed by atoms with Crippen LogP contribution in [0.2, 0.25) is 0 Å². The predicted molar refractivity (Wildman–Crippen MR) is 67.4 cm³/mol. The van der Waals surface area contributed by atoms with Crippen LogP contribution in [0.4, 0.5) is 10.1 Å². The Morgan fingerprint density at radius 1 is 1.29 bits per heavy atom. The molecule has 17 heavy (non-hydrogen) atoms. The number of anilines is 1. The van der Waals surface area contributed by atoms with Crippen LogP contribution < -0.4 is 4.72 Å². The minimum atomic E-state index is -3.62. The Morgan fingerprint density at radius 2 is 1.94 bits per heavy atom. The Labute approximate surface area is 108 Å². The van der Waals surface area contributed by atoms with E-state index >= 15 is 0 Å². The van der Waals surface area contributed by atoms with Crippen LogP contribution in [-0.2, 0) is 10.2 Å². The summed E-state index contributed by atoms with van der Waals surface area (Å²) in [6.45, 7) is 0.987. The highest BCUT2D eigenvalue weighted by molar-refractivity contribution is 9.10. The molecule has 1 aromatic carbocycles. The van der Waals surface area contributed by atoms with Crippen molar-refractivity contribution in [1.29, 1.82) is 0 Å². The summed E-state index contributed by atoms with van der Waals surface area (Å²) in [5.74, 6) is -0.595. The summed E-state index contributed by atoms with van der Waals surface area (Å²) in [4.78, 5) is 0. The van der Waals surface area contributed by atoms with Gasteiger partial charge in [-0.1, -0.05) is 15.9 Å². The molecule has 1 aliphatic rings. The Kier molecular flexibility index (Phi) is 3.70. The van der Waals surface area contributed by atoms with Gasteiger partial charge in [0.2, 0.25) is 0 Å². The quantitative estimate of drug-likeness (QED) is 0.928. The number of hydrogen-bond donors (Lipinski definition) is 1. The molecule has 0 radical (unpaired) electrons. The van der Waals surface area contributed by atoms with Gasteiger partial charge in [0, 0.05) is 17.6 Å². The second-order valence-corrected chi connectivity index (χ2v) is 6.42. The molecule has 0 bridgehead atoms. The Balaban J connectivity index is 2.19. The third-order valence-electron chi connectivity index (χ3n) is 2.58. The predicted octanol–water partition coefficient (Wildman–Crippen LogP) is 2.34. The van der Waals surface area contributed by atoms with Crippen molar-refractivity contribution < 1.29 is 12.8 Å². The molecular weight excluding hydrogens is 311 g/mol. The van der Waals surface area contributed by atoms with Gasteiger partial charge in [-0.25, -0.2) is 4.39 Å². The lowest BCUT2D eigenvalue weighted by molar-refractivity contribution is 0.482. The monoisotopic (exact) mass is 322 g/mol. The molecule has 2 rings (SSSR count). The first-order valence-corrected chi connectivity index (χ1v) is 7.45. The second-order valence-electron chi connectivity index (χ2n) is 3.84. The van der Waals surface area contributed by atoms with E-state index in [0.717, 1.165) is 12.8 Å². The van der Waals surface area contributed by atoms with Gasteiger partial charge in [-0.3, -0.25) is 4.72 Å². The molecule has 0 amide bonds. The maximum Gasteiger partial charge on any atom is 0.301 e. The molecule has 1 fully saturated rings. The van der Waals surface area contributed by atoms with E-state index < -0.39 is 16.0 Å². The highest BCUT2D eigenvalue weighted by Gasteiger charge is 2.25. The van der Waals surface area contributed by atoms with E-state index in [2.05, 4.69) is 20.7 Å². The number of nitrogens with zero attached hydrogens (tertiary/aromatic N) is 1. The molecule has 0 spiro atoms. The van der Waals surface area contributed by atoms with Gasteiger partial charge < -0.3 is 0 Å². The highest BCUT2D eigenvalue weighted by atomic mass is 79.9. The zero-order chi connectivity index (χ0) is 12.5. The van der Waals surface area contributed by atoms with Crippen LogP contribution in [-0.4, -0.2) is 25.8 Å². The van der Waals surface area contributed by atoms with Crippen LogP contribution in [0, 0.1) is 5.82 Å². The van der Waals surface area contributed by atoms with Crippen molar-refractivity contribution in [3.63, 3.8) is 0 Å². The fourth-order valence-electron chi connectivity index (χ4n) is 1.70. The van der Waals surface area contributed by atoms with Crippen molar-refractivity contribution in [1.82, 2.24) is 4.31 Å². The SMILES string of the molecule is O=S(=O)(Nc1ccc(Br)cc1F)N1CCCC1. The van der Waals surface area contributed by atoms with Gasteiger partial charge in [-0.05, 0) is 31.0 Å². The summed E-state index contributed by atoms with van der Waals surface area (Å²) in [6, 6.07) is 4.21. The molecule has 0 atom stereocenters. The zero-order valence-electron chi connectivity index (χ0n) is 8.99. The maximum absolute atomic E-state index is 13.5. The lowest BCUT2D eigenvalue weighted by Gasteiger charge is -2.17. The van der Waals surface area contributed by atoms with Crippen LogP contribution in [0.3, 0.4) is 0 Å². The molecule has 94 valence electrons. The molecule has 0 saturated carbocycles. The first-order valence-electron chi connectivity index (χ1n) is 5.22. The summed E-state index contributed by atoms with van der Waals surface area (Å²) in [5.41, 5.74) is -0.0277. The fourth-order valence-corrected chi connectivity index (χ4v) is 3.35. The van der Waals surface area contributed by atoms with Crippen LogP contribution in [0.1, 0.15) is 12.8 Å². The number of halogens is 2. The van der Waals surface area contributed by atoms with Crippen LogP contribution in [0.5, 0.6) is 0 Å². The molecule has 0 unspecified atom stereocenters. The van der Waals surface area contributed by atoms with Crippen LogP contribution >= 0.6 is 15.9 Å². The largest absolute Gasteiger partial charge is 0.301 e.